The largest absolute Gasteiger partial charge is 0.467 e. The van der Waals surface area contributed by atoms with Crippen LogP contribution in [-0.2, 0) is 16.1 Å². The zero-order chi connectivity index (χ0) is 15.8. The number of carbonyl (C=O) groups is 2. The molecule has 0 spiro atoms. The zero-order valence-electron chi connectivity index (χ0n) is 12.3. The van der Waals surface area contributed by atoms with Gasteiger partial charge in [0, 0.05) is 6.08 Å². The molecule has 5 nitrogen and oxygen atoms in total. The SMILES string of the molecule is CC(NC(=O)/C=C/c1ccccc1)C(=O)NCc1ccco1. The van der Waals surface area contributed by atoms with Gasteiger partial charge in [-0.15, -0.1) is 0 Å². The Morgan fingerprint density at radius 3 is 2.64 bits per heavy atom. The van der Waals surface area contributed by atoms with Crippen LogP contribution < -0.4 is 10.6 Å². The van der Waals surface area contributed by atoms with Crippen molar-refractivity contribution >= 4 is 17.9 Å². The Kier molecular flexibility index (Phi) is 5.54. The van der Waals surface area contributed by atoms with Crippen molar-refractivity contribution in [3.05, 3.63) is 66.1 Å². The Morgan fingerprint density at radius 2 is 1.95 bits per heavy atom. The quantitative estimate of drug-likeness (QED) is 0.802. The molecule has 1 aromatic heterocycles. The minimum Gasteiger partial charge on any atom is -0.467 e. The summed E-state index contributed by atoms with van der Waals surface area (Å²) in [5, 5.41) is 5.30. The van der Waals surface area contributed by atoms with Gasteiger partial charge in [-0.2, -0.15) is 0 Å². The van der Waals surface area contributed by atoms with E-state index in [1.54, 1.807) is 31.4 Å². The molecular formula is C17H18N2O3. The number of hydrogen-bond donors (Lipinski definition) is 2. The molecule has 2 amide bonds. The predicted octanol–water partition coefficient (Wildman–Crippen LogP) is 2.11. The van der Waals surface area contributed by atoms with Gasteiger partial charge < -0.3 is 15.1 Å². The molecule has 0 saturated carbocycles. The summed E-state index contributed by atoms with van der Waals surface area (Å²) in [4.78, 5) is 23.6. The number of carbonyl (C=O) groups excluding carboxylic acids is 2. The number of nitrogens with one attached hydrogen (secondary N) is 2. The van der Waals surface area contributed by atoms with E-state index in [1.165, 1.54) is 6.08 Å². The molecule has 0 aliphatic rings. The summed E-state index contributed by atoms with van der Waals surface area (Å²) >= 11 is 0. The summed E-state index contributed by atoms with van der Waals surface area (Å²) in [5.74, 6) is 0.0817. The van der Waals surface area contributed by atoms with Gasteiger partial charge >= 0.3 is 0 Å². The minimum atomic E-state index is -0.622. The Labute approximate surface area is 129 Å². The molecule has 1 heterocycles. The molecule has 2 rings (SSSR count). The van der Waals surface area contributed by atoms with E-state index in [4.69, 9.17) is 4.42 Å². The van der Waals surface area contributed by atoms with Crippen molar-refractivity contribution in [2.45, 2.75) is 19.5 Å². The summed E-state index contributed by atoms with van der Waals surface area (Å²) in [6, 6.07) is 12.4. The fourth-order valence-electron chi connectivity index (χ4n) is 1.80. The van der Waals surface area contributed by atoms with Gasteiger partial charge in [0.2, 0.25) is 11.8 Å². The molecule has 2 aromatic rings. The first-order valence-electron chi connectivity index (χ1n) is 6.99. The van der Waals surface area contributed by atoms with Crippen molar-refractivity contribution in [2.75, 3.05) is 0 Å². The first-order chi connectivity index (χ1) is 10.6. The van der Waals surface area contributed by atoms with Crippen molar-refractivity contribution in [3.8, 4) is 0 Å². The van der Waals surface area contributed by atoms with Crippen molar-refractivity contribution in [3.63, 3.8) is 0 Å². The van der Waals surface area contributed by atoms with E-state index in [-0.39, 0.29) is 11.8 Å². The zero-order valence-corrected chi connectivity index (χ0v) is 12.3. The number of benzene rings is 1. The second-order valence-electron chi connectivity index (χ2n) is 4.77. The highest BCUT2D eigenvalue weighted by atomic mass is 16.3. The van der Waals surface area contributed by atoms with Crippen molar-refractivity contribution in [2.24, 2.45) is 0 Å². The van der Waals surface area contributed by atoms with Crippen LogP contribution in [0.3, 0.4) is 0 Å². The normalized spacial score (nSPS) is 12.0. The molecule has 22 heavy (non-hydrogen) atoms. The van der Waals surface area contributed by atoms with E-state index in [0.717, 1.165) is 5.56 Å². The summed E-state index contributed by atoms with van der Waals surface area (Å²) in [7, 11) is 0. The monoisotopic (exact) mass is 298 g/mol. The van der Waals surface area contributed by atoms with E-state index in [9.17, 15) is 9.59 Å². The second kappa shape index (κ2) is 7.83. The molecule has 0 saturated heterocycles. The number of furan rings is 1. The topological polar surface area (TPSA) is 71.3 Å². The van der Waals surface area contributed by atoms with E-state index < -0.39 is 6.04 Å². The Morgan fingerprint density at radius 1 is 1.18 bits per heavy atom. The lowest BCUT2D eigenvalue weighted by Crippen LogP contribution is -2.44. The third kappa shape index (κ3) is 4.94. The van der Waals surface area contributed by atoms with Crippen molar-refractivity contribution in [1.29, 1.82) is 0 Å². The van der Waals surface area contributed by atoms with Crippen molar-refractivity contribution in [1.82, 2.24) is 10.6 Å². The summed E-state index contributed by atoms with van der Waals surface area (Å²) < 4.78 is 5.12. The molecule has 1 aromatic carbocycles. The van der Waals surface area contributed by atoms with Gasteiger partial charge in [0.05, 0.1) is 12.8 Å². The third-order valence-corrected chi connectivity index (χ3v) is 3.00. The van der Waals surface area contributed by atoms with Gasteiger partial charge in [-0.05, 0) is 30.7 Å². The predicted molar refractivity (Wildman–Crippen MR) is 83.6 cm³/mol. The van der Waals surface area contributed by atoms with Crippen LogP contribution in [0, 0.1) is 0 Å². The van der Waals surface area contributed by atoms with Crippen LogP contribution in [0.25, 0.3) is 6.08 Å². The Bertz CT molecular complexity index is 633. The molecule has 5 heteroatoms. The summed E-state index contributed by atoms with van der Waals surface area (Å²) in [6.07, 6.45) is 4.65. The van der Waals surface area contributed by atoms with E-state index >= 15 is 0 Å². The van der Waals surface area contributed by atoms with Gasteiger partial charge in [-0.25, -0.2) is 0 Å². The number of hydrogen-bond acceptors (Lipinski definition) is 3. The fraction of sp³-hybridized carbons (Fsp3) is 0.176. The lowest BCUT2D eigenvalue weighted by Gasteiger charge is -2.12. The van der Waals surface area contributed by atoms with Crippen LogP contribution in [0.15, 0.2) is 59.2 Å². The maximum atomic E-state index is 11.9. The van der Waals surface area contributed by atoms with Gasteiger partial charge in [-0.3, -0.25) is 9.59 Å². The Balaban J connectivity index is 1.78. The van der Waals surface area contributed by atoms with Crippen LogP contribution in [0.2, 0.25) is 0 Å². The van der Waals surface area contributed by atoms with Crippen molar-refractivity contribution < 1.29 is 14.0 Å². The summed E-state index contributed by atoms with van der Waals surface area (Å²) in [5.41, 5.74) is 0.924. The molecule has 114 valence electrons. The summed E-state index contributed by atoms with van der Waals surface area (Å²) in [6.45, 7) is 1.93. The molecule has 0 fully saturated rings. The van der Waals surface area contributed by atoms with E-state index in [0.29, 0.717) is 12.3 Å². The van der Waals surface area contributed by atoms with Crippen LogP contribution in [0.5, 0.6) is 0 Å². The smallest absolute Gasteiger partial charge is 0.244 e. The van der Waals surface area contributed by atoms with Crippen LogP contribution in [0.1, 0.15) is 18.2 Å². The van der Waals surface area contributed by atoms with E-state index in [2.05, 4.69) is 10.6 Å². The maximum Gasteiger partial charge on any atom is 0.244 e. The van der Waals surface area contributed by atoms with Gasteiger partial charge in [0.15, 0.2) is 0 Å². The highest BCUT2D eigenvalue weighted by molar-refractivity contribution is 5.95. The maximum absolute atomic E-state index is 11.9. The van der Waals surface area contributed by atoms with Gasteiger partial charge in [0.25, 0.3) is 0 Å². The first-order valence-corrected chi connectivity index (χ1v) is 6.99. The lowest BCUT2D eigenvalue weighted by atomic mass is 10.2. The standard InChI is InChI=1S/C17H18N2O3/c1-13(17(21)18-12-15-8-5-11-22-15)19-16(20)10-9-14-6-3-2-4-7-14/h2-11,13H,12H2,1H3,(H,18,21)(H,19,20)/b10-9+. The van der Waals surface area contributed by atoms with Crippen LogP contribution >= 0.6 is 0 Å². The lowest BCUT2D eigenvalue weighted by molar-refractivity contribution is -0.126. The van der Waals surface area contributed by atoms with Crippen LogP contribution in [-0.4, -0.2) is 17.9 Å². The first kappa shape index (κ1) is 15.6. The molecule has 0 bridgehead atoms. The molecule has 0 aliphatic carbocycles. The van der Waals surface area contributed by atoms with Crippen LogP contribution in [0.4, 0.5) is 0 Å². The van der Waals surface area contributed by atoms with E-state index in [1.807, 2.05) is 30.3 Å². The highest BCUT2D eigenvalue weighted by Crippen LogP contribution is 2.01. The van der Waals surface area contributed by atoms with Gasteiger partial charge in [0.1, 0.15) is 11.8 Å². The average molecular weight is 298 g/mol. The van der Waals surface area contributed by atoms with Gasteiger partial charge in [-0.1, -0.05) is 30.3 Å². The molecule has 2 N–H and O–H groups in total. The number of amides is 2. The highest BCUT2D eigenvalue weighted by Gasteiger charge is 2.14. The molecule has 0 radical (unpaired) electrons. The fourth-order valence-corrected chi connectivity index (χ4v) is 1.80. The second-order valence-corrected chi connectivity index (χ2v) is 4.77. The Hall–Kier alpha value is -2.82. The molecule has 1 unspecified atom stereocenters. The molecular weight excluding hydrogens is 280 g/mol. The number of rotatable bonds is 6. The molecule has 1 atom stereocenters. The minimum absolute atomic E-state index is 0.266. The third-order valence-electron chi connectivity index (χ3n) is 3.00. The average Bonchev–Trinajstić information content (AvgIpc) is 3.05. The molecule has 0 aliphatic heterocycles.